The number of rotatable bonds is 7. The van der Waals surface area contributed by atoms with Gasteiger partial charge < -0.3 is 39.7 Å². The highest BCUT2D eigenvalue weighted by molar-refractivity contribution is 7.52. The van der Waals surface area contributed by atoms with Crippen molar-refractivity contribution in [2.24, 2.45) is 0 Å². The largest absolute Gasteiger partial charge is 0.387 e. The first-order valence-corrected chi connectivity index (χ1v) is 12.3. The lowest BCUT2D eigenvalue weighted by Gasteiger charge is -2.23. The second-order valence-corrected chi connectivity index (χ2v) is 10.00. The van der Waals surface area contributed by atoms with Crippen LogP contribution in [-0.4, -0.2) is 108 Å². The first kappa shape index (κ1) is 24.2. The first-order chi connectivity index (χ1) is 15.5. The summed E-state index contributed by atoms with van der Waals surface area (Å²) in [4.78, 5) is 43.7. The molecule has 33 heavy (non-hydrogen) atoms. The van der Waals surface area contributed by atoms with Crippen LogP contribution in [0.15, 0.2) is 6.33 Å². The zero-order valence-corrected chi connectivity index (χ0v) is 19.1. The minimum Gasteiger partial charge on any atom is -0.387 e. The van der Waals surface area contributed by atoms with Gasteiger partial charge in [-0.3, -0.25) is 13.9 Å². The Morgan fingerprint density at radius 3 is 2.79 bits per heavy atom. The fraction of sp³-hybridized carbons (Fsp3) is 0.647. The molecule has 0 radical (unpaired) electrons. The van der Waals surface area contributed by atoms with E-state index in [1.165, 1.54) is 17.9 Å². The average molecular weight is 507 g/mol. The molecule has 14 nitrogen and oxygen atoms in total. The summed E-state index contributed by atoms with van der Waals surface area (Å²) >= 11 is 6.10. The highest BCUT2D eigenvalue weighted by atomic mass is 35.5. The Labute approximate surface area is 192 Å². The maximum absolute atomic E-state index is 12.0. The summed E-state index contributed by atoms with van der Waals surface area (Å²) in [6.45, 7) is 0.932. The number of amides is 1. The lowest BCUT2D eigenvalue weighted by Crippen LogP contribution is -2.41. The number of likely N-dealkylation sites (N-methyl/N-ethyl adjacent to an activating group) is 1. The number of aliphatic hydroxyl groups is 2. The Bertz CT molecular complexity index is 1080. The Kier molecular flexibility index (Phi) is 6.90. The maximum atomic E-state index is 12.0. The third-order valence-corrected chi connectivity index (χ3v) is 6.35. The van der Waals surface area contributed by atoms with Crippen LogP contribution in [0.5, 0.6) is 0 Å². The minimum absolute atomic E-state index is 0.0325. The van der Waals surface area contributed by atoms with Crippen molar-refractivity contribution in [2.45, 2.75) is 37.0 Å². The molecule has 4 rings (SSSR count). The number of fused-ring (bicyclic) bond motifs is 1. The van der Waals surface area contributed by atoms with Crippen molar-refractivity contribution >= 4 is 42.1 Å². The number of aliphatic hydroxyl groups excluding tert-OH is 2. The van der Waals surface area contributed by atoms with Crippen LogP contribution in [0.3, 0.4) is 0 Å². The van der Waals surface area contributed by atoms with Crippen molar-refractivity contribution in [3.8, 4) is 0 Å². The minimum atomic E-state index is -4.54. The SMILES string of the molecule is CN(C[C@H]1O[C@@H](n2cnc3c(N[C@H]4CCOC4)nc(Cl)nc32)[C@H](O)[C@@H]1O)C(=O)CP(=O)(O)O. The molecule has 0 unspecified atom stereocenters. The molecular weight excluding hydrogens is 483 g/mol. The van der Waals surface area contributed by atoms with Gasteiger partial charge in [0.25, 0.3) is 0 Å². The zero-order chi connectivity index (χ0) is 23.9. The van der Waals surface area contributed by atoms with Crippen LogP contribution in [0.4, 0.5) is 5.82 Å². The van der Waals surface area contributed by atoms with Crippen LogP contribution < -0.4 is 5.32 Å². The van der Waals surface area contributed by atoms with E-state index in [0.29, 0.717) is 24.5 Å². The number of aromatic nitrogens is 4. The van der Waals surface area contributed by atoms with Gasteiger partial charge in [0.2, 0.25) is 11.2 Å². The molecule has 1 amide bonds. The molecule has 4 heterocycles. The second-order valence-electron chi connectivity index (χ2n) is 8.01. The molecule has 0 aromatic carbocycles. The molecule has 0 spiro atoms. The van der Waals surface area contributed by atoms with Crippen LogP contribution in [-0.2, 0) is 18.8 Å². The fourth-order valence-electron chi connectivity index (χ4n) is 3.80. The molecule has 16 heteroatoms. The topological polar surface area (TPSA) is 192 Å². The lowest BCUT2D eigenvalue weighted by molar-refractivity contribution is -0.130. The lowest BCUT2D eigenvalue weighted by atomic mass is 10.1. The fourth-order valence-corrected chi connectivity index (χ4v) is 4.56. The van der Waals surface area contributed by atoms with Crippen molar-refractivity contribution in [1.82, 2.24) is 24.4 Å². The molecule has 0 saturated carbocycles. The van der Waals surface area contributed by atoms with Gasteiger partial charge in [-0.05, 0) is 18.0 Å². The molecule has 2 aliphatic rings. The van der Waals surface area contributed by atoms with Gasteiger partial charge in [-0.15, -0.1) is 0 Å². The van der Waals surface area contributed by atoms with E-state index in [1.807, 2.05) is 0 Å². The smallest absolute Gasteiger partial charge is 0.334 e. The van der Waals surface area contributed by atoms with E-state index < -0.39 is 44.2 Å². The molecule has 0 aliphatic carbocycles. The van der Waals surface area contributed by atoms with E-state index in [0.717, 1.165) is 11.3 Å². The van der Waals surface area contributed by atoms with Crippen molar-refractivity contribution in [3.05, 3.63) is 11.6 Å². The van der Waals surface area contributed by atoms with Gasteiger partial charge in [0.15, 0.2) is 23.2 Å². The third-order valence-electron chi connectivity index (χ3n) is 5.50. The summed E-state index contributed by atoms with van der Waals surface area (Å²) in [5.74, 6) is -0.428. The summed E-state index contributed by atoms with van der Waals surface area (Å²) < 4.78 is 23.6. The van der Waals surface area contributed by atoms with Crippen molar-refractivity contribution in [3.63, 3.8) is 0 Å². The zero-order valence-electron chi connectivity index (χ0n) is 17.5. The highest BCUT2D eigenvalue weighted by Gasteiger charge is 2.45. The van der Waals surface area contributed by atoms with Crippen molar-refractivity contribution in [2.75, 3.05) is 38.3 Å². The summed E-state index contributed by atoms with van der Waals surface area (Å²) in [6.07, 6.45) is -3.72. The number of hydrogen-bond donors (Lipinski definition) is 5. The van der Waals surface area contributed by atoms with E-state index in [4.69, 9.17) is 30.9 Å². The van der Waals surface area contributed by atoms with Gasteiger partial charge in [0.05, 0.1) is 19.0 Å². The van der Waals surface area contributed by atoms with Crippen LogP contribution in [0.1, 0.15) is 12.6 Å². The summed E-state index contributed by atoms with van der Waals surface area (Å²) in [5, 5.41) is 24.2. The molecule has 5 N–H and O–H groups in total. The van der Waals surface area contributed by atoms with Crippen LogP contribution >= 0.6 is 19.2 Å². The molecule has 0 bridgehead atoms. The monoisotopic (exact) mass is 506 g/mol. The normalized spacial score (nSPS) is 27.9. The number of imidazole rings is 1. The summed E-state index contributed by atoms with van der Waals surface area (Å²) in [5.41, 5.74) is 0.647. The van der Waals surface area contributed by atoms with E-state index in [9.17, 15) is 19.6 Å². The molecule has 182 valence electrons. The molecule has 5 atom stereocenters. The summed E-state index contributed by atoms with van der Waals surface area (Å²) in [7, 11) is -3.23. The Hall–Kier alpha value is -1.90. The number of nitrogens with zero attached hydrogens (tertiary/aromatic N) is 5. The number of anilines is 1. The van der Waals surface area contributed by atoms with E-state index in [-0.39, 0.29) is 23.5 Å². The predicted octanol–water partition coefficient (Wildman–Crippen LogP) is -1.06. The number of carbonyl (C=O) groups is 1. The number of hydrogen-bond acceptors (Lipinski definition) is 10. The van der Waals surface area contributed by atoms with Gasteiger partial charge in [-0.1, -0.05) is 0 Å². The van der Waals surface area contributed by atoms with Crippen LogP contribution in [0.25, 0.3) is 11.2 Å². The van der Waals surface area contributed by atoms with Crippen LogP contribution in [0, 0.1) is 0 Å². The Morgan fingerprint density at radius 1 is 1.36 bits per heavy atom. The van der Waals surface area contributed by atoms with E-state index in [2.05, 4.69) is 20.3 Å². The number of ether oxygens (including phenoxy) is 2. The predicted molar refractivity (Wildman–Crippen MR) is 114 cm³/mol. The number of halogens is 1. The molecule has 2 aromatic rings. The number of carbonyl (C=O) groups excluding carboxylic acids is 1. The van der Waals surface area contributed by atoms with Crippen molar-refractivity contribution < 1.29 is 38.8 Å². The molecule has 2 aromatic heterocycles. The Balaban J connectivity index is 1.54. The van der Waals surface area contributed by atoms with Crippen molar-refractivity contribution in [1.29, 1.82) is 0 Å². The quantitative estimate of drug-likeness (QED) is 0.226. The molecule has 2 saturated heterocycles. The van der Waals surface area contributed by atoms with E-state index in [1.54, 1.807) is 0 Å². The molecule has 2 aliphatic heterocycles. The first-order valence-electron chi connectivity index (χ1n) is 10.1. The molecule has 2 fully saturated rings. The standard InChI is InChI=1S/C17H24ClN6O8P/c1-23(10(25)6-33(28,29)30)4-9-12(26)13(27)16(32-9)24-7-19-11-14(20-8-2-3-31-5-8)21-17(18)22-15(11)24/h7-9,12-13,16,26-27H,2-6H2,1H3,(H,20,21,22)(H2,28,29,30)/t8-,9+,12+,13+,16+/m0/s1. The average Bonchev–Trinajstić information content (AvgIpc) is 3.43. The highest BCUT2D eigenvalue weighted by Crippen LogP contribution is 2.35. The van der Waals surface area contributed by atoms with E-state index >= 15 is 0 Å². The Morgan fingerprint density at radius 2 is 2.12 bits per heavy atom. The van der Waals surface area contributed by atoms with Gasteiger partial charge in [-0.25, -0.2) is 4.98 Å². The van der Waals surface area contributed by atoms with Gasteiger partial charge in [0, 0.05) is 20.2 Å². The van der Waals surface area contributed by atoms with Crippen LogP contribution in [0.2, 0.25) is 5.28 Å². The van der Waals surface area contributed by atoms with Gasteiger partial charge in [-0.2, -0.15) is 9.97 Å². The number of nitrogens with one attached hydrogen (secondary N) is 1. The van der Waals surface area contributed by atoms with Gasteiger partial charge in [0.1, 0.15) is 24.5 Å². The summed E-state index contributed by atoms with van der Waals surface area (Å²) in [6, 6.07) is 0.0325. The van der Waals surface area contributed by atoms with Gasteiger partial charge >= 0.3 is 7.60 Å². The third kappa shape index (κ3) is 5.28. The second kappa shape index (κ2) is 9.39. The maximum Gasteiger partial charge on any atom is 0.334 e. The molecular formula is C17H24ClN6O8P.